The van der Waals surface area contributed by atoms with E-state index in [1.54, 1.807) is 20.8 Å². The van der Waals surface area contributed by atoms with Crippen LogP contribution in [-0.4, -0.2) is 77.7 Å². The summed E-state index contributed by atoms with van der Waals surface area (Å²) in [5.41, 5.74) is 4.68. The van der Waals surface area contributed by atoms with Crippen molar-refractivity contribution in [2.45, 2.75) is 50.8 Å². The number of nitrogens with two attached hydrogens (primary N) is 1. The number of esters is 1. The molecule has 2 amide bonds. The fraction of sp³-hybridized carbons (Fsp3) is 0.450. The van der Waals surface area contributed by atoms with Crippen LogP contribution in [0.3, 0.4) is 0 Å². The zero-order valence-corrected chi connectivity index (χ0v) is 20.9. The molecule has 3 rings (SSSR count). The maximum atomic E-state index is 13.0. The third-order valence-electron chi connectivity index (χ3n) is 4.64. The summed E-state index contributed by atoms with van der Waals surface area (Å²) in [4.78, 5) is 59.8. The van der Waals surface area contributed by atoms with E-state index >= 15 is 0 Å². The average molecular weight is 525 g/mol. The van der Waals surface area contributed by atoms with E-state index in [0.29, 0.717) is 11.3 Å². The van der Waals surface area contributed by atoms with Gasteiger partial charge in [0.2, 0.25) is 17.6 Å². The average Bonchev–Trinajstić information content (AvgIpc) is 3.20. The summed E-state index contributed by atoms with van der Waals surface area (Å²) in [5, 5.41) is 15.2. The van der Waals surface area contributed by atoms with Crippen molar-refractivity contribution < 1.29 is 33.9 Å². The Kier molecular flexibility index (Phi) is 7.50. The van der Waals surface area contributed by atoms with Crippen molar-refractivity contribution >= 4 is 57.9 Å². The molecule has 1 aromatic rings. The van der Waals surface area contributed by atoms with Crippen molar-refractivity contribution in [2.24, 2.45) is 5.16 Å². The third-order valence-corrected chi connectivity index (χ3v) is 6.49. The molecule has 2 aliphatic heterocycles. The zero-order valence-electron chi connectivity index (χ0n) is 19.3. The molecule has 4 N–H and O–H groups in total. The number of amides is 2. The van der Waals surface area contributed by atoms with Crippen LogP contribution in [0.1, 0.15) is 33.5 Å². The lowest BCUT2D eigenvalue weighted by Gasteiger charge is -2.49. The number of nitrogens with zero attached hydrogens (tertiary/aromatic N) is 4. The van der Waals surface area contributed by atoms with Gasteiger partial charge in [0.25, 0.3) is 11.8 Å². The summed E-state index contributed by atoms with van der Waals surface area (Å²) in [7, 11) is 0. The van der Waals surface area contributed by atoms with Crippen molar-refractivity contribution in [3.05, 3.63) is 29.7 Å². The number of β-lactam (4-membered cyclic amide) rings is 1. The second-order valence-corrected chi connectivity index (χ2v) is 10.3. The highest BCUT2D eigenvalue weighted by molar-refractivity contribution is 8.00. The maximum Gasteiger partial charge on any atom is 0.352 e. The fourth-order valence-corrected chi connectivity index (χ4v) is 4.86. The Labute approximate surface area is 208 Å². The summed E-state index contributed by atoms with van der Waals surface area (Å²) in [6, 6.07) is -1.03. The van der Waals surface area contributed by atoms with Crippen LogP contribution in [0.5, 0.6) is 0 Å². The Morgan fingerprint density at radius 3 is 2.63 bits per heavy atom. The van der Waals surface area contributed by atoms with E-state index in [0.717, 1.165) is 16.4 Å². The summed E-state index contributed by atoms with van der Waals surface area (Å²) >= 11 is 2.09. The normalized spacial score (nSPS) is 21.0. The molecule has 0 spiro atoms. The number of aliphatic carboxylic acids is 1. The van der Waals surface area contributed by atoms with E-state index in [-0.39, 0.29) is 16.7 Å². The Morgan fingerprint density at radius 2 is 2.09 bits per heavy atom. The van der Waals surface area contributed by atoms with Gasteiger partial charge >= 0.3 is 11.9 Å². The number of hydrogen-bond donors (Lipinski definition) is 3. The number of oxime groups is 1. The lowest BCUT2D eigenvalue weighted by atomic mass is 10.0. The number of nitrogens with one attached hydrogen (secondary N) is 1. The number of nitrogen functional groups attached to an aromatic ring is 1. The van der Waals surface area contributed by atoms with Crippen molar-refractivity contribution in [1.82, 2.24) is 19.6 Å². The molecule has 0 bridgehead atoms. The van der Waals surface area contributed by atoms with E-state index in [1.807, 2.05) is 0 Å². The van der Waals surface area contributed by atoms with Crippen molar-refractivity contribution in [2.75, 3.05) is 11.5 Å². The van der Waals surface area contributed by atoms with Gasteiger partial charge in [0.1, 0.15) is 22.7 Å². The number of thioether (sulfide) groups is 1. The number of fused-ring (bicyclic) bond motifs is 1. The molecule has 35 heavy (non-hydrogen) atoms. The molecule has 188 valence electrons. The molecule has 2 aliphatic rings. The van der Waals surface area contributed by atoms with E-state index in [9.17, 15) is 24.3 Å². The number of anilines is 1. The van der Waals surface area contributed by atoms with Gasteiger partial charge in [0.15, 0.2) is 5.13 Å². The van der Waals surface area contributed by atoms with Crippen molar-refractivity contribution in [3.63, 3.8) is 0 Å². The minimum Gasteiger partial charge on any atom is -0.477 e. The number of carbonyl (C=O) groups excluding carboxylic acids is 3. The van der Waals surface area contributed by atoms with Crippen LogP contribution in [0, 0.1) is 0 Å². The van der Waals surface area contributed by atoms with Gasteiger partial charge in [-0.25, -0.2) is 9.59 Å². The van der Waals surface area contributed by atoms with E-state index in [4.69, 9.17) is 15.3 Å². The van der Waals surface area contributed by atoms with Gasteiger partial charge in [0, 0.05) is 17.3 Å². The molecule has 13 nitrogen and oxygen atoms in total. The zero-order chi connectivity index (χ0) is 26.1. The Hall–Kier alpha value is -3.46. The molecule has 3 atom stereocenters. The molecule has 3 heterocycles. The Morgan fingerprint density at radius 1 is 1.40 bits per heavy atom. The standard InChI is InChI=1S/C20H24N6O7S2/c1-6-9-7-34-16-11(15(28)26(16)12(9)17(29)30)22-14(27)10(13-23-19(21)35-25-13)24-33-8(2)18(31)32-20(3,4)5/h6,8,11,16H,1,7H2,2-5H3,(H,22,27)(H,29,30)(H2,21,23,25)/t8?,11?,16-/m0/s1. The first kappa shape index (κ1) is 26.2. The summed E-state index contributed by atoms with van der Waals surface area (Å²) in [6.07, 6.45) is 0.223. The smallest absolute Gasteiger partial charge is 0.352 e. The van der Waals surface area contributed by atoms with E-state index in [2.05, 4.69) is 26.4 Å². The summed E-state index contributed by atoms with van der Waals surface area (Å²) in [5.74, 6) is -3.32. The van der Waals surface area contributed by atoms with Gasteiger partial charge in [0.05, 0.1) is 0 Å². The first-order valence-corrected chi connectivity index (χ1v) is 12.1. The molecule has 1 aromatic heterocycles. The second-order valence-electron chi connectivity index (χ2n) is 8.42. The fourth-order valence-electron chi connectivity index (χ4n) is 3.08. The lowest BCUT2D eigenvalue weighted by molar-refractivity contribution is -0.167. The molecule has 0 saturated carbocycles. The molecule has 2 unspecified atom stereocenters. The van der Waals surface area contributed by atoms with Crippen LogP contribution in [0.4, 0.5) is 5.13 Å². The van der Waals surface area contributed by atoms with Gasteiger partial charge in [-0.3, -0.25) is 14.5 Å². The number of aromatic nitrogens is 2. The van der Waals surface area contributed by atoms with Crippen LogP contribution in [0.2, 0.25) is 0 Å². The Bertz CT molecular complexity index is 1140. The highest BCUT2D eigenvalue weighted by Crippen LogP contribution is 2.40. The molecular formula is C20H24N6O7S2. The number of carboxylic acids is 1. The molecule has 0 aromatic carbocycles. The minimum absolute atomic E-state index is 0.0580. The largest absolute Gasteiger partial charge is 0.477 e. The van der Waals surface area contributed by atoms with Gasteiger partial charge in [-0.15, -0.1) is 11.8 Å². The van der Waals surface area contributed by atoms with Gasteiger partial charge in [-0.1, -0.05) is 17.8 Å². The van der Waals surface area contributed by atoms with Gasteiger partial charge in [-0.05, 0) is 33.3 Å². The highest BCUT2D eigenvalue weighted by Gasteiger charge is 2.54. The lowest BCUT2D eigenvalue weighted by Crippen LogP contribution is -2.71. The third kappa shape index (κ3) is 5.62. The highest BCUT2D eigenvalue weighted by atomic mass is 32.2. The summed E-state index contributed by atoms with van der Waals surface area (Å²) in [6.45, 7) is 10.0. The number of rotatable bonds is 8. The van der Waals surface area contributed by atoms with Crippen LogP contribution >= 0.6 is 23.3 Å². The molecular weight excluding hydrogens is 500 g/mol. The van der Waals surface area contributed by atoms with Crippen LogP contribution in [0.15, 0.2) is 29.1 Å². The number of carboxylic acid groups (broad SMARTS) is 1. The number of carbonyl (C=O) groups is 4. The van der Waals surface area contributed by atoms with Crippen LogP contribution in [0.25, 0.3) is 0 Å². The predicted octanol–water partition coefficient (Wildman–Crippen LogP) is 0.496. The van der Waals surface area contributed by atoms with Gasteiger partial charge in [-0.2, -0.15) is 9.36 Å². The number of hydrogen-bond acceptors (Lipinski definition) is 12. The first-order valence-electron chi connectivity index (χ1n) is 10.2. The second kappa shape index (κ2) is 10.0. The van der Waals surface area contributed by atoms with Crippen molar-refractivity contribution in [3.8, 4) is 0 Å². The van der Waals surface area contributed by atoms with Crippen molar-refractivity contribution in [1.29, 1.82) is 0 Å². The molecule has 15 heteroatoms. The molecule has 0 radical (unpaired) electrons. The Balaban J connectivity index is 1.79. The van der Waals surface area contributed by atoms with E-state index < -0.39 is 52.6 Å². The molecule has 1 fully saturated rings. The molecule has 0 aliphatic carbocycles. The quantitative estimate of drug-likeness (QED) is 0.186. The monoisotopic (exact) mass is 524 g/mol. The van der Waals surface area contributed by atoms with Gasteiger partial charge < -0.3 is 25.7 Å². The maximum absolute atomic E-state index is 13.0. The predicted molar refractivity (Wildman–Crippen MR) is 127 cm³/mol. The number of allylic oxidation sites excluding steroid dienone is 1. The first-order chi connectivity index (χ1) is 16.3. The van der Waals surface area contributed by atoms with Crippen LogP contribution < -0.4 is 11.1 Å². The summed E-state index contributed by atoms with van der Waals surface area (Å²) < 4.78 is 9.17. The molecule has 1 saturated heterocycles. The minimum atomic E-state index is -1.27. The van der Waals surface area contributed by atoms with Crippen LogP contribution in [-0.2, 0) is 28.8 Å². The number of ether oxygens (including phenoxy) is 1. The SMILES string of the molecule is C=CC1=C(C(=O)O)N2C(=O)C(NC(=O)C(=NOC(C)C(=O)OC(C)(C)C)c3nsc(N)n3)[C@@H]2SC1. The topological polar surface area (TPSA) is 186 Å². The van der Waals surface area contributed by atoms with E-state index in [1.165, 1.54) is 24.8 Å².